The summed E-state index contributed by atoms with van der Waals surface area (Å²) in [5, 5.41) is 2.94. The van der Waals surface area contributed by atoms with Crippen molar-refractivity contribution in [3.63, 3.8) is 0 Å². The molecule has 1 aliphatic carbocycles. The molecule has 0 aromatic heterocycles. The Balaban J connectivity index is 1.91. The van der Waals surface area contributed by atoms with Gasteiger partial charge in [0.1, 0.15) is 5.82 Å². The molecule has 98 valence electrons. The highest BCUT2D eigenvalue weighted by Gasteiger charge is 2.22. The number of hydrogen-bond donors (Lipinski definition) is 1. The van der Waals surface area contributed by atoms with Gasteiger partial charge in [0, 0.05) is 6.04 Å². The van der Waals surface area contributed by atoms with E-state index in [1.54, 1.807) is 12.1 Å². The molecule has 3 heteroatoms. The van der Waals surface area contributed by atoms with Crippen molar-refractivity contribution in [1.29, 1.82) is 0 Å². The van der Waals surface area contributed by atoms with Crippen molar-refractivity contribution in [3.05, 3.63) is 35.6 Å². The second-order valence-electron chi connectivity index (χ2n) is 5.08. The Morgan fingerprint density at radius 1 is 1.28 bits per heavy atom. The minimum Gasteiger partial charge on any atom is -0.349 e. The van der Waals surface area contributed by atoms with Crippen LogP contribution in [0.2, 0.25) is 0 Å². The topological polar surface area (TPSA) is 29.1 Å². The fourth-order valence-electron chi connectivity index (χ4n) is 2.62. The Morgan fingerprint density at radius 2 is 1.94 bits per heavy atom. The molecule has 18 heavy (non-hydrogen) atoms. The van der Waals surface area contributed by atoms with E-state index in [-0.39, 0.29) is 17.5 Å². The first-order chi connectivity index (χ1) is 8.70. The number of carbonyl (C=O) groups is 1. The second-order valence-corrected chi connectivity index (χ2v) is 5.08. The normalized spacial score (nSPS) is 23.7. The van der Waals surface area contributed by atoms with E-state index in [1.165, 1.54) is 31.4 Å². The maximum absolute atomic E-state index is 13.5. The molecular formula is C15H20FNO. The lowest BCUT2D eigenvalue weighted by molar-refractivity contribution is 0.0917. The number of hydrogen-bond acceptors (Lipinski definition) is 1. The average molecular weight is 249 g/mol. The Labute approximate surface area is 108 Å². The molecular weight excluding hydrogens is 229 g/mol. The van der Waals surface area contributed by atoms with Crippen LogP contribution in [0.25, 0.3) is 0 Å². The van der Waals surface area contributed by atoms with Crippen LogP contribution in [0, 0.1) is 11.7 Å². The van der Waals surface area contributed by atoms with Crippen molar-refractivity contribution in [2.45, 2.75) is 45.1 Å². The van der Waals surface area contributed by atoms with Crippen LogP contribution in [0.5, 0.6) is 0 Å². The summed E-state index contributed by atoms with van der Waals surface area (Å²) in [6, 6.07) is 6.34. The predicted molar refractivity (Wildman–Crippen MR) is 69.9 cm³/mol. The molecule has 1 aromatic rings. The number of rotatable bonds is 3. The zero-order valence-corrected chi connectivity index (χ0v) is 10.8. The van der Waals surface area contributed by atoms with Gasteiger partial charge in [-0.2, -0.15) is 0 Å². The van der Waals surface area contributed by atoms with Crippen molar-refractivity contribution in [3.8, 4) is 0 Å². The van der Waals surface area contributed by atoms with Crippen LogP contribution in [-0.2, 0) is 0 Å². The molecule has 1 fully saturated rings. The van der Waals surface area contributed by atoms with E-state index in [4.69, 9.17) is 0 Å². The molecule has 1 N–H and O–H groups in total. The third-order valence-electron chi connectivity index (χ3n) is 3.88. The highest BCUT2D eigenvalue weighted by molar-refractivity contribution is 5.94. The number of halogens is 1. The first-order valence-electron chi connectivity index (χ1n) is 6.76. The SMILES string of the molecule is CC[C@H]1CC[C@H](NC(=O)c2ccccc2F)CC1. The quantitative estimate of drug-likeness (QED) is 0.872. The van der Waals surface area contributed by atoms with Gasteiger partial charge in [0.2, 0.25) is 0 Å². The van der Waals surface area contributed by atoms with Gasteiger partial charge in [0.25, 0.3) is 5.91 Å². The van der Waals surface area contributed by atoms with Crippen LogP contribution in [0.4, 0.5) is 4.39 Å². The molecule has 0 spiro atoms. The molecule has 0 aliphatic heterocycles. The highest BCUT2D eigenvalue weighted by atomic mass is 19.1. The fraction of sp³-hybridized carbons (Fsp3) is 0.533. The first-order valence-corrected chi connectivity index (χ1v) is 6.76. The lowest BCUT2D eigenvalue weighted by Crippen LogP contribution is -2.37. The standard InChI is InChI=1S/C15H20FNO/c1-2-11-7-9-12(10-8-11)17-15(18)13-5-3-4-6-14(13)16/h3-6,11-12H,2,7-10H2,1H3,(H,17,18)/t11-,12-. The van der Waals surface area contributed by atoms with E-state index in [2.05, 4.69) is 12.2 Å². The van der Waals surface area contributed by atoms with Crippen LogP contribution in [0.15, 0.2) is 24.3 Å². The Bertz CT molecular complexity index is 411. The lowest BCUT2D eigenvalue weighted by atomic mass is 9.84. The number of benzene rings is 1. The van der Waals surface area contributed by atoms with Gasteiger partial charge >= 0.3 is 0 Å². The molecule has 1 amide bonds. The van der Waals surface area contributed by atoms with Gasteiger partial charge in [0.15, 0.2) is 0 Å². The van der Waals surface area contributed by atoms with Crippen molar-refractivity contribution in [1.82, 2.24) is 5.32 Å². The van der Waals surface area contributed by atoms with Crippen LogP contribution >= 0.6 is 0 Å². The molecule has 0 unspecified atom stereocenters. The second kappa shape index (κ2) is 5.98. The van der Waals surface area contributed by atoms with Crippen LogP contribution in [0.3, 0.4) is 0 Å². The van der Waals surface area contributed by atoms with E-state index in [1.807, 2.05) is 0 Å². The fourth-order valence-corrected chi connectivity index (χ4v) is 2.62. The van der Waals surface area contributed by atoms with Gasteiger partial charge in [-0.25, -0.2) is 4.39 Å². The summed E-state index contributed by atoms with van der Waals surface area (Å²) >= 11 is 0. The number of nitrogens with one attached hydrogen (secondary N) is 1. The maximum Gasteiger partial charge on any atom is 0.254 e. The van der Waals surface area contributed by atoms with Gasteiger partial charge in [-0.3, -0.25) is 4.79 Å². The number of carbonyl (C=O) groups excluding carboxylic acids is 1. The zero-order chi connectivity index (χ0) is 13.0. The first kappa shape index (κ1) is 13.1. The lowest BCUT2D eigenvalue weighted by Gasteiger charge is -2.28. The Kier molecular flexibility index (Phi) is 4.34. The van der Waals surface area contributed by atoms with Crippen molar-refractivity contribution >= 4 is 5.91 Å². The summed E-state index contributed by atoms with van der Waals surface area (Å²) in [7, 11) is 0. The zero-order valence-electron chi connectivity index (χ0n) is 10.8. The maximum atomic E-state index is 13.5. The minimum absolute atomic E-state index is 0.148. The molecule has 1 aromatic carbocycles. The van der Waals surface area contributed by atoms with E-state index in [9.17, 15) is 9.18 Å². The molecule has 1 aliphatic rings. The van der Waals surface area contributed by atoms with Gasteiger partial charge < -0.3 is 5.32 Å². The summed E-state index contributed by atoms with van der Waals surface area (Å²) in [6.45, 7) is 2.21. The summed E-state index contributed by atoms with van der Waals surface area (Å²) in [4.78, 5) is 11.9. The van der Waals surface area contributed by atoms with E-state index in [0.29, 0.717) is 0 Å². The van der Waals surface area contributed by atoms with Gasteiger partial charge in [0.05, 0.1) is 5.56 Å². The van der Waals surface area contributed by atoms with E-state index in [0.717, 1.165) is 18.8 Å². The van der Waals surface area contributed by atoms with Crippen LogP contribution in [0.1, 0.15) is 49.4 Å². The largest absolute Gasteiger partial charge is 0.349 e. The van der Waals surface area contributed by atoms with Crippen LogP contribution < -0.4 is 5.32 Å². The smallest absolute Gasteiger partial charge is 0.254 e. The highest BCUT2D eigenvalue weighted by Crippen LogP contribution is 2.26. The minimum atomic E-state index is -0.447. The third kappa shape index (κ3) is 3.09. The molecule has 0 heterocycles. The summed E-state index contributed by atoms with van der Waals surface area (Å²) in [6.07, 6.45) is 5.57. The van der Waals surface area contributed by atoms with E-state index >= 15 is 0 Å². The third-order valence-corrected chi connectivity index (χ3v) is 3.88. The van der Waals surface area contributed by atoms with Gasteiger partial charge in [-0.1, -0.05) is 25.5 Å². The molecule has 0 bridgehead atoms. The Hall–Kier alpha value is -1.38. The number of amides is 1. The average Bonchev–Trinajstić information content (AvgIpc) is 2.40. The summed E-state index contributed by atoms with van der Waals surface area (Å²) in [5.74, 6) is 0.0666. The van der Waals surface area contributed by atoms with Gasteiger partial charge in [-0.05, 0) is 43.7 Å². The monoisotopic (exact) mass is 249 g/mol. The Morgan fingerprint density at radius 3 is 2.56 bits per heavy atom. The molecule has 0 atom stereocenters. The van der Waals surface area contributed by atoms with E-state index < -0.39 is 5.82 Å². The summed E-state index contributed by atoms with van der Waals surface area (Å²) in [5.41, 5.74) is 0.148. The van der Waals surface area contributed by atoms with Crippen molar-refractivity contribution in [2.24, 2.45) is 5.92 Å². The molecule has 0 radical (unpaired) electrons. The van der Waals surface area contributed by atoms with Crippen LogP contribution in [-0.4, -0.2) is 11.9 Å². The van der Waals surface area contributed by atoms with Gasteiger partial charge in [-0.15, -0.1) is 0 Å². The van der Waals surface area contributed by atoms with Crippen molar-refractivity contribution in [2.75, 3.05) is 0 Å². The van der Waals surface area contributed by atoms with Crippen molar-refractivity contribution < 1.29 is 9.18 Å². The molecule has 0 saturated heterocycles. The molecule has 2 nitrogen and oxygen atoms in total. The summed E-state index contributed by atoms with van der Waals surface area (Å²) < 4.78 is 13.5. The molecule has 1 saturated carbocycles. The predicted octanol–water partition coefficient (Wildman–Crippen LogP) is 3.52. The molecule has 2 rings (SSSR count).